The summed E-state index contributed by atoms with van der Waals surface area (Å²) in [4.78, 5) is 32.8. The Hall–Kier alpha value is -2.08. The standard InChI is InChI=1S/C24H34N4O2/c29-23(18-7-8-18)25-19-9-10-21(22(16-19)27-11-3-1-2-4-12-27)24(30)28-15-14-26-13-5-6-20(26)17-28/h9-10,16,18,20H,1-8,11-15,17H2,(H,25,29). The summed E-state index contributed by atoms with van der Waals surface area (Å²) in [6.07, 6.45) is 9.27. The van der Waals surface area contributed by atoms with Crippen LogP contribution in [-0.4, -0.2) is 66.9 Å². The third kappa shape index (κ3) is 4.20. The van der Waals surface area contributed by atoms with Crippen molar-refractivity contribution in [3.63, 3.8) is 0 Å². The maximum Gasteiger partial charge on any atom is 0.256 e. The van der Waals surface area contributed by atoms with Crippen molar-refractivity contribution in [3.05, 3.63) is 23.8 Å². The molecule has 1 aromatic carbocycles. The fourth-order valence-electron chi connectivity index (χ4n) is 5.30. The number of carbonyl (C=O) groups excluding carboxylic acids is 2. The van der Waals surface area contributed by atoms with E-state index >= 15 is 0 Å². The van der Waals surface area contributed by atoms with Crippen LogP contribution in [0.25, 0.3) is 0 Å². The number of nitrogens with one attached hydrogen (secondary N) is 1. The molecule has 30 heavy (non-hydrogen) atoms. The second-order valence-electron chi connectivity index (χ2n) is 9.48. The number of amides is 2. The van der Waals surface area contributed by atoms with Crippen molar-refractivity contribution in [2.75, 3.05) is 49.5 Å². The molecule has 0 aromatic heterocycles. The van der Waals surface area contributed by atoms with Gasteiger partial charge < -0.3 is 15.1 Å². The van der Waals surface area contributed by atoms with Gasteiger partial charge in [-0.2, -0.15) is 0 Å². The topological polar surface area (TPSA) is 55.9 Å². The van der Waals surface area contributed by atoms with Gasteiger partial charge in [0.25, 0.3) is 5.91 Å². The van der Waals surface area contributed by atoms with Crippen molar-refractivity contribution < 1.29 is 9.59 Å². The molecule has 4 aliphatic rings. The Bertz CT molecular complexity index is 798. The molecule has 2 amide bonds. The van der Waals surface area contributed by atoms with E-state index in [0.717, 1.165) is 75.3 Å². The van der Waals surface area contributed by atoms with Crippen molar-refractivity contribution >= 4 is 23.2 Å². The van der Waals surface area contributed by atoms with Gasteiger partial charge in [0.2, 0.25) is 5.91 Å². The van der Waals surface area contributed by atoms with Gasteiger partial charge in [-0.15, -0.1) is 0 Å². The number of hydrogen-bond acceptors (Lipinski definition) is 4. The largest absolute Gasteiger partial charge is 0.371 e. The van der Waals surface area contributed by atoms with Crippen LogP contribution in [0.4, 0.5) is 11.4 Å². The average molecular weight is 411 g/mol. The molecule has 1 aliphatic carbocycles. The molecule has 3 aliphatic heterocycles. The Morgan fingerprint density at radius 2 is 1.67 bits per heavy atom. The lowest BCUT2D eigenvalue weighted by atomic mass is 10.1. The van der Waals surface area contributed by atoms with Gasteiger partial charge in [0.15, 0.2) is 0 Å². The molecule has 3 saturated heterocycles. The van der Waals surface area contributed by atoms with Gasteiger partial charge in [-0.05, 0) is 63.3 Å². The van der Waals surface area contributed by atoms with E-state index in [-0.39, 0.29) is 17.7 Å². The summed E-state index contributed by atoms with van der Waals surface area (Å²) in [5.41, 5.74) is 2.63. The van der Waals surface area contributed by atoms with Gasteiger partial charge in [0.1, 0.15) is 0 Å². The number of hydrogen-bond donors (Lipinski definition) is 1. The molecule has 3 heterocycles. The smallest absolute Gasteiger partial charge is 0.256 e. The lowest BCUT2D eigenvalue weighted by molar-refractivity contribution is -0.117. The van der Waals surface area contributed by atoms with Crippen molar-refractivity contribution in [1.82, 2.24) is 9.80 Å². The molecule has 4 fully saturated rings. The quantitative estimate of drug-likeness (QED) is 0.827. The summed E-state index contributed by atoms with van der Waals surface area (Å²) in [6.45, 7) is 5.80. The first kappa shape index (κ1) is 19.9. The highest BCUT2D eigenvalue weighted by Gasteiger charge is 2.34. The van der Waals surface area contributed by atoms with Crippen molar-refractivity contribution in [1.29, 1.82) is 0 Å². The summed E-state index contributed by atoms with van der Waals surface area (Å²) in [5.74, 6) is 0.449. The van der Waals surface area contributed by atoms with Gasteiger partial charge in [-0.1, -0.05) is 12.8 Å². The zero-order valence-corrected chi connectivity index (χ0v) is 17.9. The number of carbonyl (C=O) groups is 2. The SMILES string of the molecule is O=C(Nc1ccc(C(=O)N2CCN3CCCC3C2)c(N2CCCCCC2)c1)C1CC1. The highest BCUT2D eigenvalue weighted by atomic mass is 16.2. The van der Waals surface area contributed by atoms with Crippen molar-refractivity contribution in [2.45, 2.75) is 57.4 Å². The van der Waals surface area contributed by atoms with E-state index in [1.54, 1.807) is 0 Å². The first-order valence-corrected chi connectivity index (χ1v) is 11.9. The highest BCUT2D eigenvalue weighted by Crippen LogP contribution is 2.33. The minimum absolute atomic E-state index is 0.119. The van der Waals surface area contributed by atoms with E-state index in [1.165, 1.54) is 32.2 Å². The minimum atomic E-state index is 0.119. The number of piperazine rings is 1. The molecule has 0 radical (unpaired) electrons. The molecule has 6 heteroatoms. The number of nitrogens with zero attached hydrogens (tertiary/aromatic N) is 3. The van der Waals surface area contributed by atoms with Crippen LogP contribution in [0, 0.1) is 5.92 Å². The van der Waals surface area contributed by atoms with E-state index in [1.807, 2.05) is 18.2 Å². The van der Waals surface area contributed by atoms with E-state index in [9.17, 15) is 9.59 Å². The van der Waals surface area contributed by atoms with E-state index in [4.69, 9.17) is 0 Å². The summed E-state index contributed by atoms with van der Waals surface area (Å²) in [6, 6.07) is 6.44. The number of fused-ring (bicyclic) bond motifs is 1. The average Bonchev–Trinajstić information content (AvgIpc) is 3.56. The molecule has 1 unspecified atom stereocenters. The predicted octanol–water partition coefficient (Wildman–Crippen LogP) is 3.34. The minimum Gasteiger partial charge on any atom is -0.371 e. The molecular formula is C24H34N4O2. The van der Waals surface area contributed by atoms with Crippen LogP contribution in [-0.2, 0) is 4.79 Å². The lowest BCUT2D eigenvalue weighted by Crippen LogP contribution is -2.52. The number of rotatable bonds is 4. The normalized spacial score (nSPS) is 25.0. The maximum atomic E-state index is 13.6. The molecule has 162 valence electrons. The molecule has 6 nitrogen and oxygen atoms in total. The molecule has 1 atom stereocenters. The maximum absolute atomic E-state index is 13.6. The van der Waals surface area contributed by atoms with Crippen LogP contribution >= 0.6 is 0 Å². The Morgan fingerprint density at radius 3 is 2.43 bits per heavy atom. The summed E-state index contributed by atoms with van der Waals surface area (Å²) in [7, 11) is 0. The molecule has 5 rings (SSSR count). The van der Waals surface area contributed by atoms with Gasteiger partial charge in [0.05, 0.1) is 11.3 Å². The van der Waals surface area contributed by atoms with Crippen LogP contribution in [0.5, 0.6) is 0 Å². The second-order valence-corrected chi connectivity index (χ2v) is 9.48. The molecule has 0 bridgehead atoms. The fourth-order valence-corrected chi connectivity index (χ4v) is 5.30. The Morgan fingerprint density at radius 1 is 0.867 bits per heavy atom. The third-order valence-corrected chi connectivity index (χ3v) is 7.27. The summed E-state index contributed by atoms with van der Waals surface area (Å²) >= 11 is 0. The summed E-state index contributed by atoms with van der Waals surface area (Å²) in [5, 5.41) is 3.08. The fraction of sp³-hybridized carbons (Fsp3) is 0.667. The Balaban J connectivity index is 1.40. The van der Waals surface area contributed by atoms with Gasteiger partial charge in [-0.25, -0.2) is 0 Å². The zero-order valence-electron chi connectivity index (χ0n) is 17.9. The van der Waals surface area contributed by atoms with Crippen LogP contribution in [0.2, 0.25) is 0 Å². The first-order valence-electron chi connectivity index (χ1n) is 11.9. The molecule has 1 N–H and O–H groups in total. The van der Waals surface area contributed by atoms with Crippen LogP contribution in [0.1, 0.15) is 61.7 Å². The van der Waals surface area contributed by atoms with E-state index in [0.29, 0.717) is 6.04 Å². The molecule has 1 aromatic rings. The van der Waals surface area contributed by atoms with Crippen LogP contribution in [0.3, 0.4) is 0 Å². The lowest BCUT2D eigenvalue weighted by Gasteiger charge is -2.38. The first-order chi connectivity index (χ1) is 14.7. The molecule has 1 saturated carbocycles. The monoisotopic (exact) mass is 410 g/mol. The molecule has 0 spiro atoms. The van der Waals surface area contributed by atoms with Gasteiger partial charge >= 0.3 is 0 Å². The highest BCUT2D eigenvalue weighted by molar-refractivity contribution is 6.02. The Kier molecular flexibility index (Phi) is 5.68. The second kappa shape index (κ2) is 8.58. The number of anilines is 2. The third-order valence-electron chi connectivity index (χ3n) is 7.27. The zero-order chi connectivity index (χ0) is 20.5. The Labute approximate surface area is 179 Å². The van der Waals surface area contributed by atoms with Gasteiger partial charge in [0, 0.05) is 50.4 Å². The van der Waals surface area contributed by atoms with Crippen molar-refractivity contribution in [2.24, 2.45) is 5.92 Å². The van der Waals surface area contributed by atoms with E-state index in [2.05, 4.69) is 20.0 Å². The van der Waals surface area contributed by atoms with Gasteiger partial charge in [-0.3, -0.25) is 14.5 Å². The van der Waals surface area contributed by atoms with E-state index < -0.39 is 0 Å². The van der Waals surface area contributed by atoms with Crippen molar-refractivity contribution in [3.8, 4) is 0 Å². The number of benzene rings is 1. The summed E-state index contributed by atoms with van der Waals surface area (Å²) < 4.78 is 0. The predicted molar refractivity (Wildman–Crippen MR) is 119 cm³/mol. The van der Waals surface area contributed by atoms with Crippen LogP contribution in [0.15, 0.2) is 18.2 Å². The van der Waals surface area contributed by atoms with Crippen LogP contribution < -0.4 is 10.2 Å². The molecular weight excluding hydrogens is 376 g/mol.